The average molecular weight is 533 g/mol. The minimum atomic E-state index is -0.0743. The molecule has 2 aliphatic rings. The van der Waals surface area contributed by atoms with E-state index in [1.54, 1.807) is 0 Å². The number of carbonyl (C=O) groups is 1. The van der Waals surface area contributed by atoms with E-state index in [0.29, 0.717) is 17.9 Å². The number of amides is 1. The molecule has 0 spiro atoms. The topological polar surface area (TPSA) is 83.8 Å². The van der Waals surface area contributed by atoms with Crippen LogP contribution in [0.3, 0.4) is 0 Å². The van der Waals surface area contributed by atoms with Crippen LogP contribution in [0.25, 0.3) is 10.9 Å². The fraction of sp³-hybridized carbons (Fsp3) is 0.500. The molecule has 0 bridgehead atoms. The quantitative estimate of drug-likeness (QED) is 0.353. The molecule has 38 heavy (non-hydrogen) atoms. The molecular formula is C32H41ClN4O. The molecule has 2 aromatic carbocycles. The Labute approximate surface area is 233 Å². The Morgan fingerprint density at radius 2 is 1.84 bits per heavy atom. The lowest BCUT2D eigenvalue weighted by atomic mass is 9.86. The summed E-state index contributed by atoms with van der Waals surface area (Å²) in [6, 6.07) is 17.4. The maximum Gasteiger partial charge on any atom is 0.221 e. The first-order valence-corrected chi connectivity index (χ1v) is 14.1. The van der Waals surface area contributed by atoms with Crippen molar-refractivity contribution in [2.24, 2.45) is 11.7 Å². The Hall–Kier alpha value is -2.81. The van der Waals surface area contributed by atoms with Gasteiger partial charge in [-0.05, 0) is 80.7 Å². The third-order valence-electron chi connectivity index (χ3n) is 8.57. The van der Waals surface area contributed by atoms with E-state index in [4.69, 9.17) is 5.73 Å². The maximum absolute atomic E-state index is 13.4. The van der Waals surface area contributed by atoms with Gasteiger partial charge in [-0.1, -0.05) is 49.1 Å². The van der Waals surface area contributed by atoms with E-state index in [1.165, 1.54) is 43.2 Å². The van der Waals surface area contributed by atoms with E-state index in [-0.39, 0.29) is 36.3 Å². The zero-order valence-corrected chi connectivity index (χ0v) is 23.3. The summed E-state index contributed by atoms with van der Waals surface area (Å²) in [7, 11) is 0. The highest BCUT2D eigenvalue weighted by atomic mass is 35.5. The SMILES string of the molecule is Cc1cccc(C(CC(=O)NC2CCC(N)CC2)c2cn(CC3CCCCC3)c3ccc(C#N)cc23)c1.Cl. The van der Waals surface area contributed by atoms with Gasteiger partial charge in [0.1, 0.15) is 0 Å². The molecule has 0 aliphatic heterocycles. The normalized spacial score (nSPS) is 20.9. The highest BCUT2D eigenvalue weighted by molar-refractivity contribution is 5.88. The lowest BCUT2D eigenvalue weighted by Crippen LogP contribution is -2.40. The number of halogens is 1. The van der Waals surface area contributed by atoms with Crippen molar-refractivity contribution in [3.8, 4) is 6.07 Å². The smallest absolute Gasteiger partial charge is 0.221 e. The number of nitrogens with one attached hydrogen (secondary N) is 1. The van der Waals surface area contributed by atoms with Crippen molar-refractivity contribution in [3.63, 3.8) is 0 Å². The molecule has 5 rings (SSSR count). The molecule has 1 aromatic heterocycles. The van der Waals surface area contributed by atoms with Crippen molar-refractivity contribution in [2.75, 3.05) is 0 Å². The Morgan fingerprint density at radius 3 is 2.55 bits per heavy atom. The van der Waals surface area contributed by atoms with Crippen LogP contribution in [-0.2, 0) is 11.3 Å². The van der Waals surface area contributed by atoms with E-state index < -0.39 is 0 Å². The van der Waals surface area contributed by atoms with Gasteiger partial charge in [0.25, 0.3) is 0 Å². The van der Waals surface area contributed by atoms with Gasteiger partial charge < -0.3 is 15.6 Å². The largest absolute Gasteiger partial charge is 0.353 e. The number of nitrogens with zero attached hydrogens (tertiary/aromatic N) is 2. The molecule has 1 atom stereocenters. The molecule has 0 saturated heterocycles. The van der Waals surface area contributed by atoms with E-state index in [2.05, 4.69) is 59.4 Å². The molecule has 2 fully saturated rings. The molecule has 2 aliphatic carbocycles. The third-order valence-corrected chi connectivity index (χ3v) is 8.57. The number of aromatic nitrogens is 1. The number of benzene rings is 2. The van der Waals surface area contributed by atoms with Gasteiger partial charge in [0, 0.05) is 48.1 Å². The van der Waals surface area contributed by atoms with Crippen LogP contribution in [0.5, 0.6) is 0 Å². The minimum Gasteiger partial charge on any atom is -0.353 e. The number of hydrogen-bond acceptors (Lipinski definition) is 3. The molecule has 6 heteroatoms. The molecule has 0 radical (unpaired) electrons. The van der Waals surface area contributed by atoms with Gasteiger partial charge in [-0.25, -0.2) is 0 Å². The predicted octanol–water partition coefficient (Wildman–Crippen LogP) is 6.73. The molecular weight excluding hydrogens is 492 g/mol. The van der Waals surface area contributed by atoms with Crippen LogP contribution >= 0.6 is 12.4 Å². The lowest BCUT2D eigenvalue weighted by molar-refractivity contribution is -0.122. The second-order valence-electron chi connectivity index (χ2n) is 11.4. The lowest BCUT2D eigenvalue weighted by Gasteiger charge is -2.27. The molecule has 2 saturated carbocycles. The van der Waals surface area contributed by atoms with Gasteiger partial charge in [0.15, 0.2) is 0 Å². The average Bonchev–Trinajstić information content (AvgIpc) is 3.26. The van der Waals surface area contributed by atoms with Crippen molar-refractivity contribution in [3.05, 3.63) is 70.9 Å². The Kier molecular flexibility index (Phi) is 9.52. The fourth-order valence-electron chi connectivity index (χ4n) is 6.50. The molecule has 1 unspecified atom stereocenters. The van der Waals surface area contributed by atoms with Crippen LogP contribution in [0.4, 0.5) is 0 Å². The standard InChI is InChI=1S/C32H40N4O.ClH/c1-22-6-5-9-25(16-22)28(18-32(37)35-27-13-11-26(34)12-14-27)30-21-36(20-23-7-3-2-4-8-23)31-15-10-24(19-33)17-29(30)31;/h5-6,9-10,15-17,21,23,26-28H,2-4,7-8,11-14,18,20,34H2,1H3,(H,35,37);1H. The van der Waals surface area contributed by atoms with Gasteiger partial charge >= 0.3 is 0 Å². The molecule has 1 amide bonds. The monoisotopic (exact) mass is 532 g/mol. The number of carbonyl (C=O) groups excluding carboxylic acids is 1. The zero-order chi connectivity index (χ0) is 25.8. The first-order chi connectivity index (χ1) is 18.0. The summed E-state index contributed by atoms with van der Waals surface area (Å²) in [6.45, 7) is 3.10. The third kappa shape index (κ3) is 6.60. The van der Waals surface area contributed by atoms with E-state index in [0.717, 1.165) is 48.7 Å². The van der Waals surface area contributed by atoms with Crippen molar-refractivity contribution >= 4 is 29.2 Å². The van der Waals surface area contributed by atoms with Gasteiger partial charge in [0.2, 0.25) is 5.91 Å². The summed E-state index contributed by atoms with van der Waals surface area (Å²) in [6.07, 6.45) is 13.0. The Balaban J connectivity index is 0.00000336. The summed E-state index contributed by atoms with van der Waals surface area (Å²) >= 11 is 0. The summed E-state index contributed by atoms with van der Waals surface area (Å²) in [5.74, 6) is 0.706. The number of nitriles is 1. The highest BCUT2D eigenvalue weighted by Crippen LogP contribution is 2.37. The number of nitrogens with two attached hydrogens (primary N) is 1. The van der Waals surface area contributed by atoms with Crippen molar-refractivity contribution in [2.45, 2.75) is 95.7 Å². The van der Waals surface area contributed by atoms with Crippen LogP contribution in [-0.4, -0.2) is 22.6 Å². The molecule has 202 valence electrons. The molecule has 3 aromatic rings. The summed E-state index contributed by atoms with van der Waals surface area (Å²) in [5, 5.41) is 14.1. The van der Waals surface area contributed by atoms with Crippen LogP contribution in [0.15, 0.2) is 48.7 Å². The van der Waals surface area contributed by atoms with Gasteiger partial charge in [-0.3, -0.25) is 4.79 Å². The number of fused-ring (bicyclic) bond motifs is 1. The predicted molar refractivity (Wildman–Crippen MR) is 156 cm³/mol. The van der Waals surface area contributed by atoms with E-state index in [1.807, 2.05) is 12.1 Å². The molecule has 3 N–H and O–H groups in total. The van der Waals surface area contributed by atoms with Crippen molar-refractivity contribution in [1.29, 1.82) is 5.26 Å². The summed E-state index contributed by atoms with van der Waals surface area (Å²) in [4.78, 5) is 13.4. The summed E-state index contributed by atoms with van der Waals surface area (Å²) < 4.78 is 2.39. The fourth-order valence-corrected chi connectivity index (χ4v) is 6.50. The van der Waals surface area contributed by atoms with Crippen LogP contribution < -0.4 is 11.1 Å². The highest BCUT2D eigenvalue weighted by Gasteiger charge is 2.26. The molecule has 1 heterocycles. The zero-order valence-electron chi connectivity index (χ0n) is 22.5. The first kappa shape index (κ1) is 28.2. The number of aryl methyl sites for hydroxylation is 1. The maximum atomic E-state index is 13.4. The second-order valence-corrected chi connectivity index (χ2v) is 11.4. The van der Waals surface area contributed by atoms with Gasteiger partial charge in [0.05, 0.1) is 11.6 Å². The number of hydrogen-bond donors (Lipinski definition) is 2. The molecule has 5 nitrogen and oxygen atoms in total. The minimum absolute atomic E-state index is 0. The van der Waals surface area contributed by atoms with Crippen LogP contribution in [0, 0.1) is 24.2 Å². The van der Waals surface area contributed by atoms with Gasteiger partial charge in [-0.15, -0.1) is 12.4 Å². The van der Waals surface area contributed by atoms with E-state index in [9.17, 15) is 10.1 Å². The Morgan fingerprint density at radius 1 is 1.08 bits per heavy atom. The van der Waals surface area contributed by atoms with Crippen LogP contribution in [0.1, 0.15) is 92.4 Å². The van der Waals surface area contributed by atoms with Crippen molar-refractivity contribution < 1.29 is 4.79 Å². The first-order valence-electron chi connectivity index (χ1n) is 14.1. The van der Waals surface area contributed by atoms with Crippen molar-refractivity contribution in [1.82, 2.24) is 9.88 Å². The second kappa shape index (κ2) is 12.8. The van der Waals surface area contributed by atoms with Crippen LogP contribution in [0.2, 0.25) is 0 Å². The van der Waals surface area contributed by atoms with Gasteiger partial charge in [-0.2, -0.15) is 5.26 Å². The van der Waals surface area contributed by atoms with E-state index >= 15 is 0 Å². The number of rotatable bonds is 7. The summed E-state index contributed by atoms with van der Waals surface area (Å²) in [5.41, 5.74) is 11.4. The Bertz CT molecular complexity index is 1280.